The summed E-state index contributed by atoms with van der Waals surface area (Å²) in [7, 11) is 0. The zero-order chi connectivity index (χ0) is 22.7. The number of fused-ring (bicyclic) bond motifs is 1. The van der Waals surface area contributed by atoms with Crippen LogP contribution in [0.1, 0.15) is 50.5 Å². The van der Waals surface area contributed by atoms with Crippen molar-refractivity contribution in [2.24, 2.45) is 0 Å². The first kappa shape index (κ1) is 22.2. The lowest BCUT2D eigenvalue weighted by Crippen LogP contribution is -2.47. The van der Waals surface area contributed by atoms with E-state index in [1.54, 1.807) is 12.1 Å². The van der Waals surface area contributed by atoms with Crippen molar-refractivity contribution in [3.63, 3.8) is 0 Å². The van der Waals surface area contributed by atoms with Gasteiger partial charge in [0.15, 0.2) is 0 Å². The molecule has 0 radical (unpaired) electrons. The molecule has 0 spiro atoms. The Bertz CT molecular complexity index is 998. The molecule has 2 aromatic rings. The predicted octanol–water partition coefficient (Wildman–Crippen LogP) is 2.36. The number of imide groups is 1. The molecule has 2 unspecified atom stereocenters. The third kappa shape index (κ3) is 4.89. The molecule has 2 heterocycles. The molecular formula is C25H29N3O4. The van der Waals surface area contributed by atoms with Crippen molar-refractivity contribution in [3.05, 3.63) is 70.8 Å². The van der Waals surface area contributed by atoms with Gasteiger partial charge < -0.3 is 10.1 Å². The maximum Gasteiger partial charge on any atom is 0.261 e. The molecule has 0 saturated carbocycles. The Morgan fingerprint density at radius 2 is 1.66 bits per heavy atom. The monoisotopic (exact) mass is 435 g/mol. The van der Waals surface area contributed by atoms with Crippen molar-refractivity contribution in [2.45, 2.75) is 32.5 Å². The Balaban J connectivity index is 1.35. The number of nitrogens with zero attached hydrogens (tertiary/aromatic N) is 2. The Kier molecular flexibility index (Phi) is 6.67. The van der Waals surface area contributed by atoms with Gasteiger partial charge in [0, 0.05) is 38.3 Å². The van der Waals surface area contributed by atoms with Gasteiger partial charge in [-0.25, -0.2) is 0 Å². The van der Waals surface area contributed by atoms with E-state index >= 15 is 0 Å². The molecule has 32 heavy (non-hydrogen) atoms. The number of hydrogen-bond donors (Lipinski definition) is 1. The van der Waals surface area contributed by atoms with Crippen molar-refractivity contribution >= 4 is 17.7 Å². The van der Waals surface area contributed by atoms with Gasteiger partial charge in [-0.1, -0.05) is 30.3 Å². The summed E-state index contributed by atoms with van der Waals surface area (Å²) < 4.78 is 5.73. The zero-order valence-corrected chi connectivity index (χ0v) is 18.5. The van der Waals surface area contributed by atoms with Crippen molar-refractivity contribution in [1.29, 1.82) is 0 Å². The number of amides is 3. The molecule has 0 bridgehead atoms. The molecule has 3 amide bonds. The number of nitrogens with one attached hydrogen (secondary N) is 1. The Morgan fingerprint density at radius 1 is 0.969 bits per heavy atom. The molecule has 2 aromatic carbocycles. The van der Waals surface area contributed by atoms with Gasteiger partial charge in [0.2, 0.25) is 0 Å². The second-order valence-electron chi connectivity index (χ2n) is 8.53. The predicted molar refractivity (Wildman–Crippen MR) is 121 cm³/mol. The van der Waals surface area contributed by atoms with E-state index in [0.29, 0.717) is 36.2 Å². The van der Waals surface area contributed by atoms with E-state index in [0.717, 1.165) is 25.2 Å². The number of rotatable bonds is 7. The maximum absolute atomic E-state index is 12.8. The van der Waals surface area contributed by atoms with Gasteiger partial charge in [-0.3, -0.25) is 24.2 Å². The van der Waals surface area contributed by atoms with Crippen LogP contribution in [0.25, 0.3) is 0 Å². The van der Waals surface area contributed by atoms with Crippen molar-refractivity contribution in [2.75, 3.05) is 32.7 Å². The number of carbonyl (C=O) groups excluding carboxylic acids is 3. The Morgan fingerprint density at radius 3 is 2.38 bits per heavy atom. The van der Waals surface area contributed by atoms with E-state index in [2.05, 4.69) is 10.2 Å². The topological polar surface area (TPSA) is 79.0 Å². The van der Waals surface area contributed by atoms with E-state index in [-0.39, 0.29) is 29.9 Å². The molecule has 2 atom stereocenters. The number of morpholine rings is 1. The average molecular weight is 436 g/mol. The van der Waals surface area contributed by atoms with Crippen LogP contribution in [0.2, 0.25) is 0 Å². The van der Waals surface area contributed by atoms with Crippen LogP contribution in [0.3, 0.4) is 0 Å². The van der Waals surface area contributed by atoms with Gasteiger partial charge in [0.05, 0.1) is 23.3 Å². The molecule has 1 fully saturated rings. The molecule has 1 N–H and O–H groups in total. The summed E-state index contributed by atoms with van der Waals surface area (Å²) in [6.07, 6.45) is 0.956. The zero-order valence-electron chi connectivity index (χ0n) is 18.5. The lowest BCUT2D eigenvalue weighted by molar-refractivity contribution is -0.0672. The largest absolute Gasteiger partial charge is 0.373 e. The van der Waals surface area contributed by atoms with E-state index in [1.807, 2.05) is 44.2 Å². The summed E-state index contributed by atoms with van der Waals surface area (Å²) >= 11 is 0. The molecule has 168 valence electrons. The SMILES string of the molecule is CC1CN(CCNC(=O)c2ccc3c(c2)C(=O)N(CCc2ccccc2)C3=O)CC(C)O1. The first-order valence-corrected chi connectivity index (χ1v) is 11.1. The Hall–Kier alpha value is -3.03. The first-order chi connectivity index (χ1) is 15.4. The van der Waals surface area contributed by atoms with E-state index < -0.39 is 0 Å². The molecule has 2 aliphatic heterocycles. The second-order valence-corrected chi connectivity index (χ2v) is 8.53. The highest BCUT2D eigenvalue weighted by molar-refractivity contribution is 6.22. The minimum absolute atomic E-state index is 0.180. The number of benzene rings is 2. The lowest BCUT2D eigenvalue weighted by Gasteiger charge is -2.35. The maximum atomic E-state index is 12.8. The highest BCUT2D eigenvalue weighted by Gasteiger charge is 2.35. The fraction of sp³-hybridized carbons (Fsp3) is 0.400. The van der Waals surface area contributed by atoms with Crippen LogP contribution < -0.4 is 5.32 Å². The quantitative estimate of drug-likeness (QED) is 0.676. The van der Waals surface area contributed by atoms with Crippen LogP contribution in [0.4, 0.5) is 0 Å². The number of carbonyl (C=O) groups is 3. The van der Waals surface area contributed by atoms with Crippen molar-refractivity contribution < 1.29 is 19.1 Å². The molecule has 0 aromatic heterocycles. The van der Waals surface area contributed by atoms with Gasteiger partial charge in [-0.15, -0.1) is 0 Å². The van der Waals surface area contributed by atoms with Crippen LogP contribution >= 0.6 is 0 Å². The Labute approximate surface area is 188 Å². The van der Waals surface area contributed by atoms with Crippen LogP contribution in [-0.4, -0.2) is 72.5 Å². The van der Waals surface area contributed by atoms with E-state index in [9.17, 15) is 14.4 Å². The number of hydrogen-bond acceptors (Lipinski definition) is 5. The molecule has 7 nitrogen and oxygen atoms in total. The minimum Gasteiger partial charge on any atom is -0.373 e. The first-order valence-electron chi connectivity index (χ1n) is 11.1. The van der Waals surface area contributed by atoms with Gasteiger partial charge in [0.1, 0.15) is 0 Å². The third-order valence-electron chi connectivity index (χ3n) is 5.91. The third-order valence-corrected chi connectivity index (χ3v) is 5.91. The molecule has 4 rings (SSSR count). The normalized spacial score (nSPS) is 21.0. The number of ether oxygens (including phenoxy) is 1. The van der Waals surface area contributed by atoms with Crippen molar-refractivity contribution in [3.8, 4) is 0 Å². The second kappa shape index (κ2) is 9.63. The summed E-state index contributed by atoms with van der Waals surface area (Å²) in [5, 5.41) is 2.92. The van der Waals surface area contributed by atoms with Gasteiger partial charge in [-0.05, 0) is 44.0 Å². The molecule has 7 heteroatoms. The molecule has 2 aliphatic rings. The van der Waals surface area contributed by atoms with Crippen LogP contribution in [0.5, 0.6) is 0 Å². The summed E-state index contributed by atoms with van der Waals surface area (Å²) in [6.45, 7) is 7.34. The average Bonchev–Trinajstić information content (AvgIpc) is 3.01. The van der Waals surface area contributed by atoms with Crippen LogP contribution in [0.15, 0.2) is 48.5 Å². The smallest absolute Gasteiger partial charge is 0.261 e. The summed E-state index contributed by atoms with van der Waals surface area (Å²) in [5.74, 6) is -0.888. The molecule has 0 aliphatic carbocycles. The van der Waals surface area contributed by atoms with Crippen LogP contribution in [0, 0.1) is 0 Å². The van der Waals surface area contributed by atoms with Crippen molar-refractivity contribution in [1.82, 2.24) is 15.1 Å². The van der Waals surface area contributed by atoms with Gasteiger partial charge in [0.25, 0.3) is 17.7 Å². The van der Waals surface area contributed by atoms with Gasteiger partial charge in [-0.2, -0.15) is 0 Å². The van der Waals surface area contributed by atoms with E-state index in [4.69, 9.17) is 4.74 Å². The fourth-order valence-corrected chi connectivity index (χ4v) is 4.42. The fourth-order valence-electron chi connectivity index (χ4n) is 4.42. The molecular weight excluding hydrogens is 406 g/mol. The van der Waals surface area contributed by atoms with E-state index in [1.165, 1.54) is 11.0 Å². The van der Waals surface area contributed by atoms with Gasteiger partial charge >= 0.3 is 0 Å². The lowest BCUT2D eigenvalue weighted by atomic mass is 10.1. The standard InChI is InChI=1S/C25H29N3O4/c1-17-15-27(16-18(2)32-17)13-11-26-23(29)20-8-9-21-22(14-20)25(31)28(24(21)30)12-10-19-6-4-3-5-7-19/h3-9,14,17-18H,10-13,15-16H2,1-2H3,(H,26,29). The summed E-state index contributed by atoms with van der Waals surface area (Å²) in [6, 6.07) is 14.5. The summed E-state index contributed by atoms with van der Waals surface area (Å²) in [4.78, 5) is 41.7. The van der Waals surface area contributed by atoms with Crippen LogP contribution in [-0.2, 0) is 11.2 Å². The highest BCUT2D eigenvalue weighted by Crippen LogP contribution is 2.24. The summed E-state index contributed by atoms with van der Waals surface area (Å²) in [5.41, 5.74) is 2.11. The molecule has 1 saturated heterocycles. The minimum atomic E-state index is -0.341. The highest BCUT2D eigenvalue weighted by atomic mass is 16.5.